The third-order valence-corrected chi connectivity index (χ3v) is 3.92. The van der Waals surface area contributed by atoms with Crippen molar-refractivity contribution in [3.63, 3.8) is 0 Å². The zero-order chi connectivity index (χ0) is 16.8. The highest BCUT2D eigenvalue weighted by atomic mass is 79.9. The number of aryl methyl sites for hydroxylation is 2. The summed E-state index contributed by atoms with van der Waals surface area (Å²) in [5.74, 6) is 0.561. The number of rotatable bonds is 6. The fourth-order valence-corrected chi connectivity index (χ4v) is 2.18. The van der Waals surface area contributed by atoms with Gasteiger partial charge in [0.25, 0.3) is 0 Å². The number of aliphatic imine (C=N–C) groups is 1. The van der Waals surface area contributed by atoms with Gasteiger partial charge < -0.3 is 9.64 Å². The highest BCUT2D eigenvalue weighted by Gasteiger charge is 2.08. The van der Waals surface area contributed by atoms with Gasteiger partial charge in [0.1, 0.15) is 6.61 Å². The highest BCUT2D eigenvalue weighted by molar-refractivity contribution is 9.10. The van der Waals surface area contributed by atoms with Crippen LogP contribution in [0.15, 0.2) is 33.9 Å². The number of ether oxygens (including phenoxy) is 1. The van der Waals surface area contributed by atoms with E-state index < -0.39 is 0 Å². The van der Waals surface area contributed by atoms with Gasteiger partial charge in [0.05, 0.1) is 22.2 Å². The summed E-state index contributed by atoms with van der Waals surface area (Å²) in [6.45, 7) is 7.29. The summed E-state index contributed by atoms with van der Waals surface area (Å²) < 4.78 is 6.57. The van der Waals surface area contributed by atoms with Crippen molar-refractivity contribution < 1.29 is 4.74 Å². The first-order valence-electron chi connectivity index (χ1n) is 7.45. The number of halogens is 1. The molecule has 122 valence electrons. The van der Waals surface area contributed by atoms with Gasteiger partial charge in [0.2, 0.25) is 5.88 Å². The van der Waals surface area contributed by atoms with E-state index in [9.17, 15) is 0 Å². The minimum atomic E-state index is 0.430. The van der Waals surface area contributed by atoms with Crippen LogP contribution in [0, 0.1) is 13.8 Å². The molecule has 0 unspecified atom stereocenters. The average molecular weight is 377 g/mol. The van der Waals surface area contributed by atoms with Gasteiger partial charge in [-0.1, -0.05) is 6.07 Å². The SMILES string of the molecule is CCN(C)/C=N/c1cc(Br)c(OCc2ccc(C)nc2)nc1C. The van der Waals surface area contributed by atoms with E-state index in [0.29, 0.717) is 12.5 Å². The molecule has 2 aromatic rings. The summed E-state index contributed by atoms with van der Waals surface area (Å²) in [6.07, 6.45) is 3.62. The second kappa shape index (κ2) is 8.06. The molecule has 0 spiro atoms. The van der Waals surface area contributed by atoms with E-state index in [-0.39, 0.29) is 0 Å². The number of nitrogens with zero attached hydrogens (tertiary/aromatic N) is 4. The molecule has 0 fully saturated rings. The Morgan fingerprint density at radius 1 is 1.35 bits per heavy atom. The summed E-state index contributed by atoms with van der Waals surface area (Å²) in [7, 11) is 1.98. The first-order chi connectivity index (χ1) is 11.0. The smallest absolute Gasteiger partial charge is 0.228 e. The van der Waals surface area contributed by atoms with Crippen LogP contribution in [0.5, 0.6) is 5.88 Å². The lowest BCUT2D eigenvalue weighted by atomic mass is 10.3. The van der Waals surface area contributed by atoms with Gasteiger partial charge in [0, 0.05) is 31.0 Å². The lowest BCUT2D eigenvalue weighted by Crippen LogP contribution is -2.14. The standard InChI is InChI=1S/C17H21BrN4O/c1-5-22(4)11-20-16-8-15(18)17(21-13(16)3)23-10-14-7-6-12(2)19-9-14/h6-9,11H,5,10H2,1-4H3/b20-11+. The van der Waals surface area contributed by atoms with E-state index in [4.69, 9.17) is 4.74 Å². The molecule has 2 heterocycles. The van der Waals surface area contributed by atoms with Crippen molar-refractivity contribution in [1.29, 1.82) is 0 Å². The minimum absolute atomic E-state index is 0.430. The summed E-state index contributed by atoms with van der Waals surface area (Å²) in [5.41, 5.74) is 3.64. The fourth-order valence-electron chi connectivity index (χ4n) is 1.76. The van der Waals surface area contributed by atoms with E-state index in [1.807, 2.05) is 50.2 Å². The highest BCUT2D eigenvalue weighted by Crippen LogP contribution is 2.30. The quantitative estimate of drug-likeness (QED) is 0.563. The van der Waals surface area contributed by atoms with Gasteiger partial charge in [-0.3, -0.25) is 4.98 Å². The maximum absolute atomic E-state index is 5.79. The van der Waals surface area contributed by atoms with Gasteiger partial charge in [-0.15, -0.1) is 0 Å². The maximum Gasteiger partial charge on any atom is 0.228 e. The zero-order valence-electron chi connectivity index (χ0n) is 13.9. The van der Waals surface area contributed by atoms with Crippen LogP contribution in [0.1, 0.15) is 23.9 Å². The second-order valence-corrected chi connectivity index (χ2v) is 6.15. The van der Waals surface area contributed by atoms with Crippen LogP contribution >= 0.6 is 15.9 Å². The Labute approximate surface area is 145 Å². The van der Waals surface area contributed by atoms with Crippen LogP contribution in [0.2, 0.25) is 0 Å². The Bertz CT molecular complexity index is 686. The van der Waals surface area contributed by atoms with Crippen molar-refractivity contribution in [1.82, 2.24) is 14.9 Å². The topological polar surface area (TPSA) is 50.6 Å². The molecule has 2 aromatic heterocycles. The molecule has 5 nitrogen and oxygen atoms in total. The van der Waals surface area contributed by atoms with Crippen molar-refractivity contribution in [3.8, 4) is 5.88 Å². The average Bonchev–Trinajstić information content (AvgIpc) is 2.55. The second-order valence-electron chi connectivity index (χ2n) is 5.29. The van der Waals surface area contributed by atoms with E-state index in [2.05, 4.69) is 37.8 Å². The van der Waals surface area contributed by atoms with Gasteiger partial charge in [0.15, 0.2) is 0 Å². The lowest BCUT2D eigenvalue weighted by molar-refractivity contribution is 0.291. The number of hydrogen-bond acceptors (Lipinski definition) is 4. The molecule has 23 heavy (non-hydrogen) atoms. The van der Waals surface area contributed by atoms with Gasteiger partial charge in [-0.05, 0) is 48.8 Å². The van der Waals surface area contributed by atoms with Gasteiger partial charge in [-0.25, -0.2) is 9.98 Å². The Kier molecular flexibility index (Phi) is 6.10. The number of hydrogen-bond donors (Lipinski definition) is 0. The molecule has 0 atom stereocenters. The molecule has 0 saturated carbocycles. The van der Waals surface area contributed by atoms with E-state index in [0.717, 1.165) is 33.7 Å². The summed E-state index contributed by atoms with van der Waals surface area (Å²) in [5, 5.41) is 0. The van der Waals surface area contributed by atoms with Crippen LogP contribution in [-0.4, -0.2) is 34.8 Å². The van der Waals surface area contributed by atoms with Crippen LogP contribution in [0.4, 0.5) is 5.69 Å². The third kappa shape index (κ3) is 5.03. The van der Waals surface area contributed by atoms with E-state index >= 15 is 0 Å². The Morgan fingerprint density at radius 3 is 2.78 bits per heavy atom. The molecule has 2 rings (SSSR count). The molecule has 0 aliphatic heterocycles. The molecule has 0 N–H and O–H groups in total. The van der Waals surface area contributed by atoms with E-state index in [1.54, 1.807) is 6.34 Å². The van der Waals surface area contributed by atoms with Crippen molar-refractivity contribution in [2.24, 2.45) is 4.99 Å². The molecule has 0 bridgehead atoms. The molecular formula is C17H21BrN4O. The molecular weight excluding hydrogens is 356 g/mol. The normalized spacial score (nSPS) is 11.0. The largest absolute Gasteiger partial charge is 0.472 e. The third-order valence-electron chi connectivity index (χ3n) is 3.35. The van der Waals surface area contributed by atoms with Crippen LogP contribution in [0.25, 0.3) is 0 Å². The number of pyridine rings is 2. The number of aromatic nitrogens is 2. The van der Waals surface area contributed by atoms with Crippen LogP contribution < -0.4 is 4.74 Å². The maximum atomic E-state index is 5.79. The van der Waals surface area contributed by atoms with Gasteiger partial charge in [-0.2, -0.15) is 0 Å². The Balaban J connectivity index is 2.10. The molecule has 6 heteroatoms. The Morgan fingerprint density at radius 2 is 2.13 bits per heavy atom. The lowest BCUT2D eigenvalue weighted by Gasteiger charge is -2.11. The summed E-state index contributed by atoms with van der Waals surface area (Å²) in [6, 6.07) is 5.89. The van der Waals surface area contributed by atoms with Crippen molar-refractivity contribution in [2.45, 2.75) is 27.4 Å². The zero-order valence-corrected chi connectivity index (χ0v) is 15.5. The minimum Gasteiger partial charge on any atom is -0.472 e. The molecule has 0 aliphatic rings. The van der Waals surface area contributed by atoms with Crippen LogP contribution in [-0.2, 0) is 6.61 Å². The molecule has 0 amide bonds. The van der Waals surface area contributed by atoms with Crippen molar-refractivity contribution in [2.75, 3.05) is 13.6 Å². The van der Waals surface area contributed by atoms with Gasteiger partial charge >= 0.3 is 0 Å². The van der Waals surface area contributed by atoms with Crippen LogP contribution in [0.3, 0.4) is 0 Å². The van der Waals surface area contributed by atoms with Crippen molar-refractivity contribution in [3.05, 3.63) is 45.8 Å². The molecule has 0 saturated heterocycles. The first-order valence-corrected chi connectivity index (χ1v) is 8.24. The molecule has 0 radical (unpaired) electrons. The van der Waals surface area contributed by atoms with Crippen molar-refractivity contribution >= 4 is 28.0 Å². The predicted octanol–water partition coefficient (Wildman–Crippen LogP) is 4.05. The molecule has 0 aromatic carbocycles. The monoisotopic (exact) mass is 376 g/mol. The summed E-state index contributed by atoms with van der Waals surface area (Å²) >= 11 is 3.50. The molecule has 0 aliphatic carbocycles. The predicted molar refractivity (Wildman–Crippen MR) is 96.4 cm³/mol. The fraction of sp³-hybridized carbons (Fsp3) is 0.353. The first kappa shape index (κ1) is 17.4. The van der Waals surface area contributed by atoms with E-state index in [1.165, 1.54) is 0 Å². The summed E-state index contributed by atoms with van der Waals surface area (Å²) in [4.78, 5) is 15.2. The Hall–Kier alpha value is -1.95.